The van der Waals surface area contributed by atoms with Crippen LogP contribution in [0, 0.1) is 0 Å². The van der Waals surface area contributed by atoms with Gasteiger partial charge in [-0.1, -0.05) is 34.9 Å². The van der Waals surface area contributed by atoms with Crippen LogP contribution in [0.2, 0.25) is 0 Å². The Morgan fingerprint density at radius 2 is 2.18 bits per heavy atom. The average molecular weight is 293 g/mol. The van der Waals surface area contributed by atoms with Crippen LogP contribution < -0.4 is 5.73 Å². The van der Waals surface area contributed by atoms with E-state index in [1.807, 2.05) is 6.26 Å². The van der Waals surface area contributed by atoms with Crippen molar-refractivity contribution in [3.63, 3.8) is 0 Å². The lowest BCUT2D eigenvalue weighted by molar-refractivity contribution is -0.148. The van der Waals surface area contributed by atoms with Gasteiger partial charge in [-0.25, -0.2) is 0 Å². The van der Waals surface area contributed by atoms with E-state index in [-0.39, 0.29) is 5.97 Å². The summed E-state index contributed by atoms with van der Waals surface area (Å²) in [6.07, 6.45) is 1.95. The maximum absolute atomic E-state index is 11.6. The van der Waals surface area contributed by atoms with E-state index in [4.69, 9.17) is 10.5 Å². The van der Waals surface area contributed by atoms with Crippen LogP contribution >= 0.6 is 34.9 Å². The van der Waals surface area contributed by atoms with Gasteiger partial charge in [0.05, 0.1) is 6.61 Å². The molecule has 17 heavy (non-hydrogen) atoms. The van der Waals surface area contributed by atoms with Crippen molar-refractivity contribution in [1.29, 1.82) is 0 Å². The average Bonchev–Trinajstić information content (AvgIpc) is 2.75. The van der Waals surface area contributed by atoms with E-state index in [1.54, 1.807) is 25.6 Å². The molecule has 0 amide bonds. The molecule has 8 heteroatoms. The first-order chi connectivity index (χ1) is 7.99. The highest BCUT2D eigenvalue weighted by atomic mass is 32.2. The summed E-state index contributed by atoms with van der Waals surface area (Å²) in [6.45, 7) is 3.76. The van der Waals surface area contributed by atoms with E-state index in [2.05, 4.69) is 10.2 Å². The van der Waals surface area contributed by atoms with Crippen LogP contribution in [0.3, 0.4) is 0 Å². The maximum Gasteiger partial charge on any atom is 0.326 e. The van der Waals surface area contributed by atoms with Crippen LogP contribution in [0.4, 0.5) is 0 Å². The molecule has 0 aromatic carbocycles. The van der Waals surface area contributed by atoms with Gasteiger partial charge in [-0.3, -0.25) is 4.79 Å². The molecule has 0 fully saturated rings. The van der Waals surface area contributed by atoms with E-state index < -0.39 is 5.54 Å². The normalized spacial score (nSPS) is 14.4. The third-order valence-electron chi connectivity index (χ3n) is 1.80. The molecule has 1 atom stereocenters. The molecule has 0 aliphatic heterocycles. The maximum atomic E-state index is 11.6. The first-order valence-corrected chi connectivity index (χ1v) is 7.98. The highest BCUT2D eigenvalue weighted by molar-refractivity contribution is 8.03. The third kappa shape index (κ3) is 4.46. The zero-order valence-corrected chi connectivity index (χ0v) is 12.4. The molecule has 1 aromatic heterocycles. The number of thioether (sulfide) groups is 2. The first-order valence-electron chi connectivity index (χ1n) is 4.96. The Bertz CT molecular complexity index is 381. The zero-order chi connectivity index (χ0) is 12.9. The number of nitrogens with two attached hydrogens (primary N) is 1. The lowest BCUT2D eigenvalue weighted by atomic mass is 10.1. The van der Waals surface area contributed by atoms with Crippen LogP contribution in [-0.2, 0) is 9.53 Å². The van der Waals surface area contributed by atoms with E-state index in [9.17, 15) is 4.79 Å². The molecule has 5 nitrogen and oxygen atoms in total. The predicted molar refractivity (Wildman–Crippen MR) is 71.6 cm³/mol. The largest absolute Gasteiger partial charge is 0.465 e. The van der Waals surface area contributed by atoms with Crippen molar-refractivity contribution in [2.45, 2.75) is 28.1 Å². The van der Waals surface area contributed by atoms with Gasteiger partial charge in [0.2, 0.25) is 0 Å². The summed E-state index contributed by atoms with van der Waals surface area (Å²) in [7, 11) is 0. The predicted octanol–water partition coefficient (Wildman–Crippen LogP) is 1.63. The standard InChI is InChI=1S/C9H15N3O2S3/c1-4-14-6(13)9(2,10)5-16-8-12-11-7(15-3)17-8/h4-5,10H2,1-3H3. The second-order valence-electron chi connectivity index (χ2n) is 3.46. The van der Waals surface area contributed by atoms with Gasteiger partial charge in [0.15, 0.2) is 8.68 Å². The SMILES string of the molecule is CCOC(=O)C(C)(N)CSc1nnc(SC)s1. The van der Waals surface area contributed by atoms with Crippen LogP contribution in [0.1, 0.15) is 13.8 Å². The minimum absolute atomic E-state index is 0.339. The van der Waals surface area contributed by atoms with Crippen molar-refractivity contribution in [2.75, 3.05) is 18.6 Å². The molecule has 0 bridgehead atoms. The Hall–Kier alpha value is -0.310. The molecule has 0 spiro atoms. The number of aromatic nitrogens is 2. The number of hydrogen-bond acceptors (Lipinski definition) is 8. The Balaban J connectivity index is 2.51. The van der Waals surface area contributed by atoms with Gasteiger partial charge in [-0.2, -0.15) is 0 Å². The first kappa shape index (κ1) is 14.7. The van der Waals surface area contributed by atoms with Crippen LogP contribution in [0.25, 0.3) is 0 Å². The molecule has 2 N–H and O–H groups in total. The quantitative estimate of drug-likeness (QED) is 0.631. The molecule has 0 aliphatic rings. The Labute approximate surface area is 113 Å². The fourth-order valence-electron chi connectivity index (χ4n) is 0.905. The van der Waals surface area contributed by atoms with Crippen molar-refractivity contribution >= 4 is 40.8 Å². The zero-order valence-electron chi connectivity index (χ0n) is 9.93. The summed E-state index contributed by atoms with van der Waals surface area (Å²) in [5.41, 5.74) is 4.90. The molecule has 0 saturated carbocycles. The van der Waals surface area contributed by atoms with Gasteiger partial charge in [-0.15, -0.1) is 10.2 Å². The number of rotatable bonds is 6. The summed E-state index contributed by atoms with van der Waals surface area (Å²) in [6, 6.07) is 0. The molecule has 96 valence electrons. The molecule has 0 saturated heterocycles. The molecule has 0 aliphatic carbocycles. The summed E-state index contributed by atoms with van der Waals surface area (Å²) in [5.74, 6) is 0.0385. The number of ether oxygens (including phenoxy) is 1. The Morgan fingerprint density at radius 1 is 1.53 bits per heavy atom. The van der Waals surface area contributed by atoms with Gasteiger partial charge >= 0.3 is 5.97 Å². The van der Waals surface area contributed by atoms with E-state index in [1.165, 1.54) is 23.1 Å². The van der Waals surface area contributed by atoms with Crippen molar-refractivity contribution in [3.05, 3.63) is 0 Å². The van der Waals surface area contributed by atoms with E-state index >= 15 is 0 Å². The summed E-state index contributed by atoms with van der Waals surface area (Å²) >= 11 is 4.46. The van der Waals surface area contributed by atoms with Crippen LogP contribution in [0.5, 0.6) is 0 Å². The molecule has 1 unspecified atom stereocenters. The monoisotopic (exact) mass is 293 g/mol. The highest BCUT2D eigenvalue weighted by Gasteiger charge is 2.30. The molecule has 1 heterocycles. The molecular formula is C9H15N3O2S3. The minimum Gasteiger partial charge on any atom is -0.465 e. The summed E-state index contributed by atoms with van der Waals surface area (Å²) in [4.78, 5) is 11.6. The van der Waals surface area contributed by atoms with E-state index in [0.29, 0.717) is 12.4 Å². The fourth-order valence-corrected chi connectivity index (χ4v) is 3.36. The van der Waals surface area contributed by atoms with Gasteiger partial charge in [-0.05, 0) is 20.1 Å². The second-order valence-corrected chi connectivity index (χ2v) is 6.72. The number of carbonyl (C=O) groups excluding carboxylic acids is 1. The molecule has 0 radical (unpaired) electrons. The second kappa shape index (κ2) is 6.58. The topological polar surface area (TPSA) is 78.1 Å². The van der Waals surface area contributed by atoms with Crippen molar-refractivity contribution in [2.24, 2.45) is 5.73 Å². The highest BCUT2D eigenvalue weighted by Crippen LogP contribution is 2.29. The fraction of sp³-hybridized carbons (Fsp3) is 0.667. The minimum atomic E-state index is -0.994. The van der Waals surface area contributed by atoms with Gasteiger partial charge < -0.3 is 10.5 Å². The lowest BCUT2D eigenvalue weighted by Gasteiger charge is -2.20. The molecular weight excluding hydrogens is 278 g/mol. The number of esters is 1. The van der Waals surface area contributed by atoms with Crippen LogP contribution in [0.15, 0.2) is 8.68 Å². The van der Waals surface area contributed by atoms with Gasteiger partial charge in [0.1, 0.15) is 5.54 Å². The molecule has 1 rings (SSSR count). The Kier molecular flexibility index (Phi) is 5.71. The number of carbonyl (C=O) groups is 1. The summed E-state index contributed by atoms with van der Waals surface area (Å²) in [5, 5.41) is 7.97. The summed E-state index contributed by atoms with van der Waals surface area (Å²) < 4.78 is 6.63. The number of nitrogens with zero attached hydrogens (tertiary/aromatic N) is 2. The van der Waals surface area contributed by atoms with Crippen molar-refractivity contribution in [1.82, 2.24) is 10.2 Å². The Morgan fingerprint density at radius 3 is 2.71 bits per heavy atom. The van der Waals surface area contributed by atoms with Crippen molar-refractivity contribution < 1.29 is 9.53 Å². The third-order valence-corrected chi connectivity index (χ3v) is 5.17. The van der Waals surface area contributed by atoms with Crippen LogP contribution in [-0.4, -0.2) is 40.3 Å². The molecule has 1 aromatic rings. The van der Waals surface area contributed by atoms with E-state index in [0.717, 1.165) is 8.68 Å². The smallest absolute Gasteiger partial charge is 0.326 e. The van der Waals surface area contributed by atoms with Gasteiger partial charge in [0.25, 0.3) is 0 Å². The number of hydrogen-bond donors (Lipinski definition) is 1. The van der Waals surface area contributed by atoms with Crippen molar-refractivity contribution in [3.8, 4) is 0 Å². The van der Waals surface area contributed by atoms with Gasteiger partial charge in [0, 0.05) is 5.75 Å². The lowest BCUT2D eigenvalue weighted by Crippen LogP contribution is -2.48.